The van der Waals surface area contributed by atoms with Crippen LogP contribution in [0.4, 0.5) is 0 Å². The molecule has 1 aliphatic heterocycles. The number of hydrogen-bond acceptors (Lipinski definition) is 0. The number of hydrogen-bond donors (Lipinski definition) is 0. The molecule has 0 saturated carbocycles. The van der Waals surface area contributed by atoms with E-state index < -0.39 is 0 Å². The van der Waals surface area contributed by atoms with Crippen LogP contribution in [0, 0.1) is 48.5 Å². The first-order valence-electron chi connectivity index (χ1n) is 16.6. The van der Waals surface area contributed by atoms with Gasteiger partial charge in [0.15, 0.2) is 6.20 Å². The minimum Gasteiger partial charge on any atom is -0.201 e. The smallest absolute Gasteiger partial charge is 0.201 e. The lowest BCUT2D eigenvalue weighted by atomic mass is 9.20. The SMILES string of the molecule is Cc1cc(C)c(C)c(-c2cc(-c3cc(C)c(B4c5ccccc5B(c5c(C)cccc5C)c5ccccc54)c(C)c3)cc[n+]2C)c1. The van der Waals surface area contributed by atoms with Crippen LogP contribution >= 0.6 is 0 Å². The summed E-state index contributed by atoms with van der Waals surface area (Å²) in [5, 5.41) is 0. The molecule has 224 valence electrons. The highest BCUT2D eigenvalue weighted by atomic mass is 14.9. The van der Waals surface area contributed by atoms with Gasteiger partial charge in [-0.1, -0.05) is 146 Å². The third-order valence-corrected chi connectivity index (χ3v) is 10.5. The Labute approximate surface area is 276 Å². The second kappa shape index (κ2) is 11.6. The molecule has 0 N–H and O–H groups in total. The summed E-state index contributed by atoms with van der Waals surface area (Å²) in [6.07, 6.45) is 2.21. The number of rotatable bonds is 4. The summed E-state index contributed by atoms with van der Waals surface area (Å²) in [5.74, 6) is 0. The number of aromatic nitrogens is 1. The van der Waals surface area contributed by atoms with Gasteiger partial charge < -0.3 is 0 Å². The van der Waals surface area contributed by atoms with Crippen LogP contribution in [0.5, 0.6) is 0 Å². The van der Waals surface area contributed by atoms with Crippen molar-refractivity contribution in [2.75, 3.05) is 0 Å². The number of fused-ring (bicyclic) bond motifs is 2. The highest BCUT2D eigenvalue weighted by Crippen LogP contribution is 2.29. The Morgan fingerprint density at radius 1 is 0.457 bits per heavy atom. The predicted molar refractivity (Wildman–Crippen MR) is 200 cm³/mol. The van der Waals surface area contributed by atoms with E-state index in [4.69, 9.17) is 0 Å². The van der Waals surface area contributed by atoms with Crippen molar-refractivity contribution in [1.82, 2.24) is 0 Å². The van der Waals surface area contributed by atoms with Crippen molar-refractivity contribution in [3.05, 3.63) is 148 Å². The van der Waals surface area contributed by atoms with Crippen molar-refractivity contribution in [3.8, 4) is 22.4 Å². The minimum absolute atomic E-state index is 0.184. The fourth-order valence-corrected chi connectivity index (χ4v) is 8.23. The van der Waals surface area contributed by atoms with Gasteiger partial charge in [0.1, 0.15) is 7.05 Å². The van der Waals surface area contributed by atoms with Gasteiger partial charge in [-0.3, -0.25) is 0 Å². The molecule has 0 amide bonds. The average Bonchev–Trinajstić information content (AvgIpc) is 3.03. The zero-order valence-corrected chi connectivity index (χ0v) is 28.5. The zero-order chi connectivity index (χ0) is 32.3. The molecule has 0 aliphatic carbocycles. The molecule has 6 aromatic rings. The highest BCUT2D eigenvalue weighted by molar-refractivity contribution is 7.11. The van der Waals surface area contributed by atoms with Gasteiger partial charge in [0.05, 0.1) is 0 Å². The van der Waals surface area contributed by atoms with Crippen LogP contribution in [-0.2, 0) is 7.05 Å². The van der Waals surface area contributed by atoms with E-state index in [0.29, 0.717) is 0 Å². The van der Waals surface area contributed by atoms with Gasteiger partial charge in [0, 0.05) is 17.7 Å². The van der Waals surface area contributed by atoms with Crippen molar-refractivity contribution >= 4 is 46.2 Å². The highest BCUT2D eigenvalue weighted by Gasteiger charge is 2.40. The second-order valence-corrected chi connectivity index (χ2v) is 13.6. The van der Waals surface area contributed by atoms with Gasteiger partial charge in [-0.15, -0.1) is 0 Å². The maximum Gasteiger partial charge on any atom is 0.240 e. The molecule has 46 heavy (non-hydrogen) atoms. The van der Waals surface area contributed by atoms with Crippen LogP contribution in [0.3, 0.4) is 0 Å². The fourth-order valence-electron chi connectivity index (χ4n) is 8.23. The molecule has 0 radical (unpaired) electrons. The minimum atomic E-state index is 0.184. The quantitative estimate of drug-likeness (QED) is 0.191. The van der Waals surface area contributed by atoms with Gasteiger partial charge >= 0.3 is 0 Å². The number of benzene rings is 5. The standard InChI is InChI=1S/C43H42B2N/c1-27-22-30(4)33(7)36(23-27)41-26-34(20-21-46(41)8)35-24-31(5)43(32(6)25-35)45-39-18-11-9-16-37(39)44(38-17-10-12-19-40(38)45)42-28(2)14-13-15-29(42)3/h9-26H,1-8H3/q+1. The molecule has 7 rings (SSSR count). The molecule has 0 unspecified atom stereocenters. The molecule has 2 heterocycles. The Balaban J connectivity index is 1.38. The van der Waals surface area contributed by atoms with Gasteiger partial charge in [0.2, 0.25) is 19.1 Å². The lowest BCUT2D eigenvalue weighted by Crippen LogP contribution is -2.75. The largest absolute Gasteiger partial charge is 0.240 e. The second-order valence-electron chi connectivity index (χ2n) is 13.6. The Morgan fingerprint density at radius 3 is 1.48 bits per heavy atom. The first kappa shape index (κ1) is 30.1. The molecule has 0 bridgehead atoms. The summed E-state index contributed by atoms with van der Waals surface area (Å²) in [6, 6.07) is 39.2. The topological polar surface area (TPSA) is 3.88 Å². The average molecular weight is 594 g/mol. The predicted octanol–water partition coefficient (Wildman–Crippen LogP) is 5.35. The Kier molecular flexibility index (Phi) is 7.60. The Morgan fingerprint density at radius 2 is 0.957 bits per heavy atom. The van der Waals surface area contributed by atoms with Gasteiger partial charge in [-0.25, -0.2) is 4.57 Å². The van der Waals surface area contributed by atoms with E-state index in [9.17, 15) is 0 Å². The monoisotopic (exact) mass is 594 g/mol. The van der Waals surface area contributed by atoms with Crippen molar-refractivity contribution in [2.45, 2.75) is 48.5 Å². The van der Waals surface area contributed by atoms with E-state index >= 15 is 0 Å². The molecular weight excluding hydrogens is 552 g/mol. The van der Waals surface area contributed by atoms with Crippen LogP contribution in [0.25, 0.3) is 22.4 Å². The molecule has 5 aromatic carbocycles. The first-order valence-corrected chi connectivity index (χ1v) is 16.6. The lowest BCUT2D eigenvalue weighted by Gasteiger charge is -2.34. The molecule has 3 heteroatoms. The number of nitrogens with zero attached hydrogens (tertiary/aromatic N) is 1. The van der Waals surface area contributed by atoms with Gasteiger partial charge in [-0.2, -0.15) is 0 Å². The maximum absolute atomic E-state index is 2.42. The van der Waals surface area contributed by atoms with Crippen molar-refractivity contribution in [3.63, 3.8) is 0 Å². The summed E-state index contributed by atoms with van der Waals surface area (Å²) < 4.78 is 2.25. The molecule has 1 aromatic heterocycles. The maximum atomic E-state index is 2.42. The van der Waals surface area contributed by atoms with Crippen LogP contribution in [0.15, 0.2) is 109 Å². The summed E-state index contributed by atoms with van der Waals surface area (Å²) in [6.45, 7) is 16.2. The summed E-state index contributed by atoms with van der Waals surface area (Å²) in [7, 11) is 2.15. The van der Waals surface area contributed by atoms with Crippen LogP contribution in [-0.4, -0.2) is 13.4 Å². The first-order chi connectivity index (χ1) is 22.1. The van der Waals surface area contributed by atoms with E-state index in [0.717, 1.165) is 0 Å². The zero-order valence-electron chi connectivity index (χ0n) is 28.5. The third kappa shape index (κ3) is 4.94. The Hall–Kier alpha value is -4.62. The molecule has 0 fully saturated rings. The van der Waals surface area contributed by atoms with Crippen LogP contribution in [0.1, 0.15) is 38.9 Å². The van der Waals surface area contributed by atoms with E-state index in [1.54, 1.807) is 0 Å². The Bertz CT molecular complexity index is 2070. The van der Waals surface area contributed by atoms with Gasteiger partial charge in [-0.05, 0) is 76.8 Å². The summed E-state index contributed by atoms with van der Waals surface area (Å²) >= 11 is 0. The van der Waals surface area contributed by atoms with E-state index in [1.807, 2.05) is 0 Å². The lowest BCUT2D eigenvalue weighted by molar-refractivity contribution is -0.660. The fraction of sp³-hybridized carbons (Fsp3) is 0.186. The van der Waals surface area contributed by atoms with Crippen molar-refractivity contribution in [1.29, 1.82) is 0 Å². The molecule has 1 aliphatic rings. The summed E-state index contributed by atoms with van der Waals surface area (Å²) in [5.41, 5.74) is 23.0. The van der Waals surface area contributed by atoms with E-state index in [2.05, 4.69) is 169 Å². The normalized spacial score (nSPS) is 12.3. The molecular formula is C43H42B2N+. The molecule has 0 atom stereocenters. The summed E-state index contributed by atoms with van der Waals surface area (Å²) in [4.78, 5) is 0. The van der Waals surface area contributed by atoms with Crippen LogP contribution < -0.4 is 37.3 Å². The van der Waals surface area contributed by atoms with Crippen LogP contribution in [0.2, 0.25) is 0 Å². The van der Waals surface area contributed by atoms with E-state index in [1.165, 1.54) is 94.1 Å². The van der Waals surface area contributed by atoms with Gasteiger partial charge in [0.25, 0.3) is 0 Å². The molecule has 0 spiro atoms. The van der Waals surface area contributed by atoms with Crippen molar-refractivity contribution in [2.24, 2.45) is 7.05 Å². The molecule has 1 nitrogen and oxygen atoms in total. The van der Waals surface area contributed by atoms with Crippen molar-refractivity contribution < 1.29 is 4.57 Å². The molecule has 0 saturated heterocycles. The third-order valence-electron chi connectivity index (χ3n) is 10.5. The number of aryl methyl sites for hydroxylation is 7. The number of pyridine rings is 1. The van der Waals surface area contributed by atoms with E-state index in [-0.39, 0.29) is 13.4 Å².